The Balaban J connectivity index is 1.89. The zero-order valence-corrected chi connectivity index (χ0v) is 6.72. The predicted molar refractivity (Wildman–Crippen MR) is 36.7 cm³/mol. The van der Waals surface area contributed by atoms with Gasteiger partial charge >= 0.3 is 5.97 Å². The van der Waals surface area contributed by atoms with Crippen LogP contribution in [0.25, 0.3) is 0 Å². The van der Waals surface area contributed by atoms with Crippen LogP contribution in [-0.4, -0.2) is 18.0 Å². The summed E-state index contributed by atoms with van der Waals surface area (Å²) in [4.78, 5) is 11.0. The molecule has 0 saturated heterocycles. The quantitative estimate of drug-likeness (QED) is 0.597. The van der Waals surface area contributed by atoms with Crippen molar-refractivity contribution in [3.8, 4) is 0 Å². The van der Waals surface area contributed by atoms with Crippen molar-refractivity contribution in [3.63, 3.8) is 0 Å². The van der Waals surface area contributed by atoms with E-state index >= 15 is 0 Å². The molecule has 0 bridgehead atoms. The van der Waals surface area contributed by atoms with Crippen LogP contribution in [0.5, 0.6) is 0 Å². The summed E-state index contributed by atoms with van der Waals surface area (Å²) >= 11 is 0. The molecule has 0 aromatic carbocycles. The Morgan fingerprint density at radius 1 is 1.50 bits per heavy atom. The second-order valence-electron chi connectivity index (χ2n) is 3.58. The van der Waals surface area contributed by atoms with Crippen molar-refractivity contribution in [2.45, 2.75) is 31.8 Å². The number of ether oxygens (including phenoxy) is 1. The highest BCUT2D eigenvalue weighted by Gasteiger charge is 2.70. The summed E-state index contributed by atoms with van der Waals surface area (Å²) in [5.41, 5.74) is 0. The number of hydrogen-bond donors (Lipinski definition) is 0. The van der Waals surface area contributed by atoms with Crippen molar-refractivity contribution in [1.29, 1.82) is 0 Å². The molecule has 2 unspecified atom stereocenters. The van der Waals surface area contributed by atoms with Crippen molar-refractivity contribution < 1.29 is 18.3 Å². The number of esters is 1. The van der Waals surface area contributed by atoms with E-state index in [1.807, 2.05) is 0 Å². The lowest BCUT2D eigenvalue weighted by molar-refractivity contribution is -0.148. The highest BCUT2D eigenvalue weighted by molar-refractivity contribution is 5.78. The van der Waals surface area contributed by atoms with E-state index in [9.17, 15) is 13.6 Å². The third-order valence-corrected chi connectivity index (χ3v) is 2.47. The predicted octanol–water partition coefficient (Wildman–Crippen LogP) is 1.59. The molecule has 2 aliphatic carbocycles. The molecule has 0 spiro atoms. The average molecular weight is 176 g/mol. The molecule has 4 heteroatoms. The standard InChI is InChI=1S/C8H10F2O2/c1-4-6(8(4,9)10)7(11)12-5-2-3-5/h4-6H,2-3H2,1H3. The fourth-order valence-electron chi connectivity index (χ4n) is 1.26. The maximum absolute atomic E-state index is 12.6. The molecule has 2 atom stereocenters. The van der Waals surface area contributed by atoms with Crippen LogP contribution in [0.3, 0.4) is 0 Å². The Kier molecular flexibility index (Phi) is 1.44. The van der Waals surface area contributed by atoms with Gasteiger partial charge in [-0.15, -0.1) is 0 Å². The number of carbonyl (C=O) groups is 1. The Bertz CT molecular complexity index is 223. The van der Waals surface area contributed by atoms with E-state index in [0.29, 0.717) is 0 Å². The first-order valence-electron chi connectivity index (χ1n) is 4.12. The van der Waals surface area contributed by atoms with Gasteiger partial charge in [-0.05, 0) is 12.8 Å². The van der Waals surface area contributed by atoms with E-state index in [0.717, 1.165) is 12.8 Å². The first-order chi connectivity index (χ1) is 5.53. The lowest BCUT2D eigenvalue weighted by atomic mass is 10.3. The van der Waals surface area contributed by atoms with Gasteiger partial charge in [0.2, 0.25) is 0 Å². The number of alkyl halides is 2. The van der Waals surface area contributed by atoms with Crippen molar-refractivity contribution in [3.05, 3.63) is 0 Å². The van der Waals surface area contributed by atoms with Crippen molar-refractivity contribution in [1.82, 2.24) is 0 Å². The highest BCUT2D eigenvalue weighted by atomic mass is 19.3. The van der Waals surface area contributed by atoms with E-state index in [-0.39, 0.29) is 6.10 Å². The molecule has 0 N–H and O–H groups in total. The molecule has 2 rings (SSSR count). The molecule has 2 aliphatic rings. The van der Waals surface area contributed by atoms with E-state index in [4.69, 9.17) is 4.74 Å². The highest BCUT2D eigenvalue weighted by Crippen LogP contribution is 2.55. The van der Waals surface area contributed by atoms with Gasteiger partial charge in [0.05, 0.1) is 0 Å². The van der Waals surface area contributed by atoms with Crippen molar-refractivity contribution >= 4 is 5.97 Å². The number of carbonyl (C=O) groups excluding carboxylic acids is 1. The fourth-order valence-corrected chi connectivity index (χ4v) is 1.26. The summed E-state index contributed by atoms with van der Waals surface area (Å²) in [7, 11) is 0. The van der Waals surface area contributed by atoms with Gasteiger partial charge < -0.3 is 4.74 Å². The van der Waals surface area contributed by atoms with Crippen LogP contribution >= 0.6 is 0 Å². The van der Waals surface area contributed by atoms with E-state index in [2.05, 4.69) is 0 Å². The maximum atomic E-state index is 12.6. The molecule has 0 heterocycles. The van der Waals surface area contributed by atoms with E-state index in [1.54, 1.807) is 0 Å². The second kappa shape index (κ2) is 2.18. The van der Waals surface area contributed by atoms with E-state index in [1.165, 1.54) is 6.92 Å². The van der Waals surface area contributed by atoms with Gasteiger partial charge in [-0.2, -0.15) is 0 Å². The Labute approximate surface area is 68.9 Å². The van der Waals surface area contributed by atoms with Gasteiger partial charge in [-0.3, -0.25) is 4.79 Å². The topological polar surface area (TPSA) is 26.3 Å². The molecule has 12 heavy (non-hydrogen) atoms. The van der Waals surface area contributed by atoms with Crippen LogP contribution in [0, 0.1) is 11.8 Å². The molecule has 2 nitrogen and oxygen atoms in total. The lowest BCUT2D eigenvalue weighted by Gasteiger charge is -1.99. The van der Waals surface area contributed by atoms with Crippen LogP contribution in [0.1, 0.15) is 19.8 Å². The number of halogens is 2. The molecule has 0 aliphatic heterocycles. The van der Waals surface area contributed by atoms with Crippen molar-refractivity contribution in [2.75, 3.05) is 0 Å². The maximum Gasteiger partial charge on any atom is 0.315 e. The molecule has 68 valence electrons. The van der Waals surface area contributed by atoms with Crippen LogP contribution in [0.2, 0.25) is 0 Å². The van der Waals surface area contributed by atoms with Crippen LogP contribution in [-0.2, 0) is 9.53 Å². The Hall–Kier alpha value is -0.670. The van der Waals surface area contributed by atoms with Gasteiger partial charge in [-0.25, -0.2) is 8.78 Å². The Morgan fingerprint density at radius 3 is 2.33 bits per heavy atom. The van der Waals surface area contributed by atoms with Gasteiger partial charge in [0.1, 0.15) is 12.0 Å². The molecule has 0 aromatic heterocycles. The van der Waals surface area contributed by atoms with Gasteiger partial charge in [-0.1, -0.05) is 6.92 Å². The zero-order chi connectivity index (χ0) is 8.93. The normalized spacial score (nSPS) is 37.6. The minimum absolute atomic E-state index is 0.0684. The monoisotopic (exact) mass is 176 g/mol. The molecular formula is C8H10F2O2. The molecule has 2 fully saturated rings. The zero-order valence-electron chi connectivity index (χ0n) is 6.72. The summed E-state index contributed by atoms with van der Waals surface area (Å²) in [6.07, 6.45) is 1.60. The minimum Gasteiger partial charge on any atom is -0.462 e. The van der Waals surface area contributed by atoms with Crippen LogP contribution < -0.4 is 0 Å². The van der Waals surface area contributed by atoms with Gasteiger partial charge in [0.25, 0.3) is 5.92 Å². The fraction of sp³-hybridized carbons (Fsp3) is 0.875. The SMILES string of the molecule is CC1C(C(=O)OC2CC2)C1(F)F. The van der Waals surface area contributed by atoms with Crippen molar-refractivity contribution in [2.24, 2.45) is 11.8 Å². The van der Waals surface area contributed by atoms with Crippen LogP contribution in [0.15, 0.2) is 0 Å². The minimum atomic E-state index is -2.81. The number of rotatable bonds is 2. The molecule has 0 aromatic rings. The average Bonchev–Trinajstić information content (AvgIpc) is 2.77. The van der Waals surface area contributed by atoms with Gasteiger partial charge in [0.15, 0.2) is 0 Å². The van der Waals surface area contributed by atoms with Gasteiger partial charge in [0, 0.05) is 5.92 Å². The summed E-state index contributed by atoms with van der Waals surface area (Å²) in [6, 6.07) is 0. The van der Waals surface area contributed by atoms with E-state index < -0.39 is 23.7 Å². The third-order valence-electron chi connectivity index (χ3n) is 2.47. The molecule has 0 amide bonds. The summed E-state index contributed by atoms with van der Waals surface area (Å²) in [5.74, 6) is -5.52. The first kappa shape index (κ1) is 7.95. The van der Waals surface area contributed by atoms with Crippen LogP contribution in [0.4, 0.5) is 8.78 Å². The molecule has 0 radical (unpaired) electrons. The smallest absolute Gasteiger partial charge is 0.315 e. The third kappa shape index (κ3) is 1.09. The molecular weight excluding hydrogens is 166 g/mol. The first-order valence-corrected chi connectivity index (χ1v) is 4.12. The summed E-state index contributed by atoms with van der Waals surface area (Å²) in [6.45, 7) is 1.37. The molecule has 2 saturated carbocycles. The summed E-state index contributed by atoms with van der Waals surface area (Å²) in [5, 5.41) is 0. The lowest BCUT2D eigenvalue weighted by Crippen LogP contribution is -2.12. The Morgan fingerprint density at radius 2 is 2.00 bits per heavy atom. The largest absolute Gasteiger partial charge is 0.462 e. The second-order valence-corrected chi connectivity index (χ2v) is 3.58. The summed E-state index contributed by atoms with van der Waals surface area (Å²) < 4.78 is 30.0. The number of hydrogen-bond acceptors (Lipinski definition) is 2.